The molecular formula is C20H32O2. The third-order valence-corrected chi connectivity index (χ3v) is 5.66. The van der Waals surface area contributed by atoms with E-state index in [-0.39, 0.29) is 5.60 Å². The summed E-state index contributed by atoms with van der Waals surface area (Å²) in [7, 11) is 0. The van der Waals surface area contributed by atoms with Crippen molar-refractivity contribution in [1.29, 1.82) is 0 Å². The predicted molar refractivity (Wildman–Crippen MR) is 92.9 cm³/mol. The number of aromatic hydroxyl groups is 1. The van der Waals surface area contributed by atoms with Crippen LogP contribution in [0, 0.1) is 32.6 Å². The fourth-order valence-electron chi connectivity index (χ4n) is 3.55. The molecule has 124 valence electrons. The summed E-state index contributed by atoms with van der Waals surface area (Å²) in [5.74, 6) is 2.74. The summed E-state index contributed by atoms with van der Waals surface area (Å²) in [5, 5.41) is 10.3. The van der Waals surface area contributed by atoms with Gasteiger partial charge in [-0.2, -0.15) is 0 Å². The van der Waals surface area contributed by atoms with Gasteiger partial charge in [0.25, 0.3) is 0 Å². The smallest absolute Gasteiger partial charge is 0.127 e. The molecule has 1 aliphatic heterocycles. The molecule has 1 aromatic carbocycles. The number of ether oxygens (including phenoxy) is 1. The third-order valence-electron chi connectivity index (χ3n) is 5.66. The van der Waals surface area contributed by atoms with Gasteiger partial charge in [-0.15, -0.1) is 0 Å². The van der Waals surface area contributed by atoms with Crippen molar-refractivity contribution in [3.8, 4) is 11.5 Å². The van der Waals surface area contributed by atoms with E-state index in [0.29, 0.717) is 11.7 Å². The second-order valence-electron chi connectivity index (χ2n) is 7.85. The highest BCUT2D eigenvalue weighted by Gasteiger charge is 2.41. The number of hydrogen-bond donors (Lipinski definition) is 1. The topological polar surface area (TPSA) is 29.5 Å². The zero-order chi connectivity index (χ0) is 16.7. The summed E-state index contributed by atoms with van der Waals surface area (Å²) in [6.07, 6.45) is 4.65. The van der Waals surface area contributed by atoms with Gasteiger partial charge in [0.15, 0.2) is 0 Å². The van der Waals surface area contributed by atoms with E-state index in [1.807, 2.05) is 13.8 Å². The van der Waals surface area contributed by atoms with Crippen molar-refractivity contribution in [1.82, 2.24) is 0 Å². The van der Waals surface area contributed by atoms with Crippen LogP contribution in [-0.4, -0.2) is 10.7 Å². The second kappa shape index (κ2) is 6.14. The Bertz CT molecular complexity index is 521. The molecule has 0 saturated heterocycles. The Labute approximate surface area is 135 Å². The largest absolute Gasteiger partial charge is 0.507 e. The average molecular weight is 304 g/mol. The van der Waals surface area contributed by atoms with Gasteiger partial charge in [0.1, 0.15) is 17.1 Å². The van der Waals surface area contributed by atoms with Crippen molar-refractivity contribution >= 4 is 0 Å². The van der Waals surface area contributed by atoms with Crippen LogP contribution in [0.4, 0.5) is 0 Å². The molecule has 1 aliphatic rings. The zero-order valence-corrected chi connectivity index (χ0v) is 15.3. The lowest BCUT2D eigenvalue weighted by Gasteiger charge is -2.31. The van der Waals surface area contributed by atoms with E-state index in [2.05, 4.69) is 34.6 Å². The standard InChI is InChI=1S/C20H32O2/c1-12(2)9-8-10-13(3)20(7)11-17-16(6)18(21)14(4)15(5)19(17)22-20/h12-13,21H,8-11H2,1-7H3. The lowest BCUT2D eigenvalue weighted by atomic mass is 9.82. The molecule has 0 saturated carbocycles. The van der Waals surface area contributed by atoms with E-state index in [1.165, 1.54) is 24.8 Å². The van der Waals surface area contributed by atoms with E-state index in [0.717, 1.165) is 34.8 Å². The molecule has 0 radical (unpaired) electrons. The Morgan fingerprint density at radius 3 is 2.27 bits per heavy atom. The van der Waals surface area contributed by atoms with Gasteiger partial charge in [0.05, 0.1) is 0 Å². The fraction of sp³-hybridized carbons (Fsp3) is 0.700. The van der Waals surface area contributed by atoms with Crippen LogP contribution >= 0.6 is 0 Å². The molecule has 2 nitrogen and oxygen atoms in total. The van der Waals surface area contributed by atoms with Crippen molar-refractivity contribution in [3.05, 3.63) is 22.3 Å². The number of rotatable bonds is 5. The van der Waals surface area contributed by atoms with Gasteiger partial charge in [0, 0.05) is 12.0 Å². The van der Waals surface area contributed by atoms with Crippen LogP contribution in [0.5, 0.6) is 11.5 Å². The highest BCUT2D eigenvalue weighted by atomic mass is 16.5. The van der Waals surface area contributed by atoms with Gasteiger partial charge >= 0.3 is 0 Å². The van der Waals surface area contributed by atoms with Crippen molar-refractivity contribution in [2.24, 2.45) is 11.8 Å². The minimum atomic E-state index is -0.144. The first-order valence-corrected chi connectivity index (χ1v) is 8.68. The van der Waals surface area contributed by atoms with E-state index >= 15 is 0 Å². The minimum absolute atomic E-state index is 0.144. The lowest BCUT2D eigenvalue weighted by Crippen LogP contribution is -2.38. The van der Waals surface area contributed by atoms with Crippen LogP contribution in [0.15, 0.2) is 0 Å². The summed E-state index contributed by atoms with van der Waals surface area (Å²) in [6.45, 7) is 15.2. The number of benzene rings is 1. The van der Waals surface area contributed by atoms with Crippen LogP contribution in [0.2, 0.25) is 0 Å². The summed E-state index contributed by atoms with van der Waals surface area (Å²) in [5.41, 5.74) is 4.11. The van der Waals surface area contributed by atoms with Crippen molar-refractivity contribution in [3.63, 3.8) is 0 Å². The van der Waals surface area contributed by atoms with Crippen LogP contribution in [-0.2, 0) is 6.42 Å². The molecule has 0 spiro atoms. The highest BCUT2D eigenvalue weighted by Crippen LogP contribution is 2.47. The maximum atomic E-state index is 10.3. The van der Waals surface area contributed by atoms with Gasteiger partial charge in [-0.3, -0.25) is 0 Å². The number of phenolic OH excluding ortho intramolecular Hbond substituents is 1. The van der Waals surface area contributed by atoms with E-state index in [1.54, 1.807) is 0 Å². The Morgan fingerprint density at radius 1 is 1.05 bits per heavy atom. The van der Waals surface area contributed by atoms with Crippen LogP contribution in [0.1, 0.15) is 69.2 Å². The summed E-state index contributed by atoms with van der Waals surface area (Å²) < 4.78 is 6.45. The van der Waals surface area contributed by atoms with Crippen molar-refractivity contribution in [2.75, 3.05) is 0 Å². The molecule has 0 bridgehead atoms. The average Bonchev–Trinajstić information content (AvgIpc) is 2.82. The zero-order valence-electron chi connectivity index (χ0n) is 15.3. The molecule has 2 unspecified atom stereocenters. The van der Waals surface area contributed by atoms with E-state index in [4.69, 9.17) is 4.74 Å². The maximum Gasteiger partial charge on any atom is 0.127 e. The molecule has 0 amide bonds. The Balaban J connectivity index is 2.20. The van der Waals surface area contributed by atoms with E-state index in [9.17, 15) is 5.11 Å². The maximum absolute atomic E-state index is 10.3. The van der Waals surface area contributed by atoms with Crippen LogP contribution < -0.4 is 4.74 Å². The Kier molecular flexibility index (Phi) is 4.79. The van der Waals surface area contributed by atoms with Gasteiger partial charge < -0.3 is 9.84 Å². The third kappa shape index (κ3) is 2.98. The molecule has 0 aliphatic carbocycles. The first kappa shape index (κ1) is 17.2. The van der Waals surface area contributed by atoms with Crippen molar-refractivity contribution < 1.29 is 9.84 Å². The number of fused-ring (bicyclic) bond motifs is 1. The molecular weight excluding hydrogens is 272 g/mol. The summed E-state index contributed by atoms with van der Waals surface area (Å²) in [6, 6.07) is 0. The first-order valence-electron chi connectivity index (χ1n) is 8.68. The predicted octanol–water partition coefficient (Wildman–Crippen LogP) is 5.47. The van der Waals surface area contributed by atoms with Crippen molar-refractivity contribution in [2.45, 2.75) is 79.8 Å². The molecule has 0 aromatic heterocycles. The Morgan fingerprint density at radius 2 is 1.68 bits per heavy atom. The molecule has 1 heterocycles. The molecule has 22 heavy (non-hydrogen) atoms. The quantitative estimate of drug-likeness (QED) is 0.781. The van der Waals surface area contributed by atoms with Crippen LogP contribution in [0.3, 0.4) is 0 Å². The molecule has 2 rings (SSSR count). The molecule has 1 aromatic rings. The second-order valence-corrected chi connectivity index (χ2v) is 7.85. The molecule has 0 fully saturated rings. The minimum Gasteiger partial charge on any atom is -0.507 e. The first-order chi connectivity index (χ1) is 10.2. The monoisotopic (exact) mass is 304 g/mol. The molecule has 1 N–H and O–H groups in total. The SMILES string of the molecule is Cc1c(C)c2c(c(C)c1O)CC(C)(C(C)CCCC(C)C)O2. The molecule has 2 heteroatoms. The van der Waals surface area contributed by atoms with Gasteiger partial charge in [-0.05, 0) is 62.6 Å². The van der Waals surface area contributed by atoms with Crippen LogP contribution in [0.25, 0.3) is 0 Å². The van der Waals surface area contributed by atoms with E-state index < -0.39 is 0 Å². The summed E-state index contributed by atoms with van der Waals surface area (Å²) >= 11 is 0. The fourth-order valence-corrected chi connectivity index (χ4v) is 3.55. The lowest BCUT2D eigenvalue weighted by molar-refractivity contribution is 0.0497. The highest BCUT2D eigenvalue weighted by molar-refractivity contribution is 5.59. The molecule has 2 atom stereocenters. The Hall–Kier alpha value is -1.18. The summed E-state index contributed by atoms with van der Waals surface area (Å²) in [4.78, 5) is 0. The van der Waals surface area contributed by atoms with Gasteiger partial charge in [0.2, 0.25) is 0 Å². The number of hydrogen-bond acceptors (Lipinski definition) is 2. The van der Waals surface area contributed by atoms with Gasteiger partial charge in [-0.1, -0.05) is 33.6 Å². The number of phenols is 1. The normalized spacial score (nSPS) is 21.8. The van der Waals surface area contributed by atoms with Gasteiger partial charge in [-0.25, -0.2) is 0 Å².